The summed E-state index contributed by atoms with van der Waals surface area (Å²) in [4.78, 5) is 12.5. The Labute approximate surface area is 194 Å². The molecule has 12 heteroatoms. The molecule has 3 aromatic rings. The largest absolute Gasteiger partial charge is 0.304 e. The summed E-state index contributed by atoms with van der Waals surface area (Å²) < 4.78 is 28.9. The lowest BCUT2D eigenvalue weighted by Gasteiger charge is -2.18. The molecule has 2 aromatic carbocycles. The molecular formula is C20H23N5O4S3. The van der Waals surface area contributed by atoms with Crippen LogP contribution in [0, 0.1) is 0 Å². The minimum Gasteiger partial charge on any atom is -0.304 e. The first-order valence-electron chi connectivity index (χ1n) is 9.70. The van der Waals surface area contributed by atoms with Crippen molar-refractivity contribution in [2.45, 2.75) is 28.8 Å². The molecule has 0 aliphatic heterocycles. The van der Waals surface area contributed by atoms with Gasteiger partial charge >= 0.3 is 0 Å². The van der Waals surface area contributed by atoms with Crippen LogP contribution < -0.4 is 5.48 Å². The summed E-state index contributed by atoms with van der Waals surface area (Å²) in [7, 11) is 1.07. The number of aromatic nitrogens is 3. The topological polar surface area (TPSA) is 117 Å². The molecule has 1 aromatic heterocycles. The van der Waals surface area contributed by atoms with E-state index >= 15 is 0 Å². The van der Waals surface area contributed by atoms with Crippen LogP contribution in [0.3, 0.4) is 0 Å². The first-order chi connectivity index (χ1) is 15.3. The van der Waals surface area contributed by atoms with Gasteiger partial charge in [-0.15, -0.1) is 10.2 Å². The van der Waals surface area contributed by atoms with Crippen LogP contribution in [0.2, 0.25) is 0 Å². The maximum absolute atomic E-state index is 12.8. The van der Waals surface area contributed by atoms with Crippen molar-refractivity contribution in [2.75, 3.05) is 13.1 Å². The molecule has 1 amide bonds. The third kappa shape index (κ3) is 5.15. The van der Waals surface area contributed by atoms with E-state index in [2.05, 4.69) is 10.2 Å². The molecular weight excluding hydrogens is 470 g/mol. The predicted molar refractivity (Wildman–Crippen MR) is 124 cm³/mol. The SMILES string of the molecule is CCN(CC)S(=O)(=O)c1cccc(-c2nnc(SSc3ccc(C(=O)NO)cc3)n2C)c1. The summed E-state index contributed by atoms with van der Waals surface area (Å²) in [6, 6.07) is 13.5. The van der Waals surface area contributed by atoms with E-state index in [4.69, 9.17) is 5.21 Å². The van der Waals surface area contributed by atoms with Gasteiger partial charge in [0.15, 0.2) is 5.82 Å². The first kappa shape index (κ1) is 24.3. The monoisotopic (exact) mass is 493 g/mol. The van der Waals surface area contributed by atoms with Crippen LogP contribution in [0.15, 0.2) is 63.5 Å². The molecule has 0 aliphatic rings. The second-order valence-electron chi connectivity index (χ2n) is 6.61. The summed E-state index contributed by atoms with van der Waals surface area (Å²) >= 11 is 0. The van der Waals surface area contributed by atoms with Crippen molar-refractivity contribution < 1.29 is 18.4 Å². The average Bonchev–Trinajstić information content (AvgIpc) is 3.18. The Morgan fingerprint density at radius 3 is 2.41 bits per heavy atom. The molecule has 0 atom stereocenters. The van der Waals surface area contributed by atoms with E-state index in [-0.39, 0.29) is 4.90 Å². The first-order valence-corrected chi connectivity index (χ1v) is 13.3. The predicted octanol–water partition coefficient (Wildman–Crippen LogP) is 3.43. The van der Waals surface area contributed by atoms with Crippen molar-refractivity contribution in [3.05, 3.63) is 54.1 Å². The maximum Gasteiger partial charge on any atom is 0.274 e. The minimum atomic E-state index is -3.57. The third-order valence-corrected chi connectivity index (χ3v) is 9.07. The number of nitrogens with zero attached hydrogens (tertiary/aromatic N) is 4. The van der Waals surface area contributed by atoms with Crippen LogP contribution in [0.1, 0.15) is 24.2 Å². The number of benzene rings is 2. The standard InChI is InChI=1S/C20H23N5O4S3/c1-4-25(5-2)32(28,29)17-8-6-7-15(13-17)18-21-22-20(24(18)3)31-30-16-11-9-14(10-12-16)19(26)23-27/h6-13,27H,4-5H2,1-3H3,(H,23,26). The number of nitrogens with one attached hydrogen (secondary N) is 1. The summed E-state index contributed by atoms with van der Waals surface area (Å²) in [5.41, 5.74) is 2.60. The van der Waals surface area contributed by atoms with E-state index < -0.39 is 15.9 Å². The number of carbonyl (C=O) groups is 1. The van der Waals surface area contributed by atoms with Crippen molar-refractivity contribution in [1.82, 2.24) is 24.5 Å². The smallest absolute Gasteiger partial charge is 0.274 e. The van der Waals surface area contributed by atoms with E-state index in [1.54, 1.807) is 58.6 Å². The molecule has 0 unspecified atom stereocenters. The van der Waals surface area contributed by atoms with Gasteiger partial charge in [-0.3, -0.25) is 10.0 Å². The molecule has 9 nitrogen and oxygen atoms in total. The number of carbonyl (C=O) groups excluding carboxylic acids is 1. The molecule has 170 valence electrons. The number of hydroxylamine groups is 1. The third-order valence-electron chi connectivity index (χ3n) is 4.70. The highest BCUT2D eigenvalue weighted by molar-refractivity contribution is 8.76. The van der Waals surface area contributed by atoms with Crippen molar-refractivity contribution >= 4 is 37.5 Å². The summed E-state index contributed by atoms with van der Waals surface area (Å²) in [5.74, 6) is -0.0166. The lowest BCUT2D eigenvalue weighted by molar-refractivity contribution is 0.0706. The zero-order chi connectivity index (χ0) is 23.3. The molecule has 1 heterocycles. The number of sulfonamides is 1. The Balaban J connectivity index is 1.78. The maximum atomic E-state index is 12.8. The zero-order valence-electron chi connectivity index (χ0n) is 17.7. The molecule has 2 N–H and O–H groups in total. The van der Waals surface area contributed by atoms with E-state index in [9.17, 15) is 13.2 Å². The molecule has 32 heavy (non-hydrogen) atoms. The van der Waals surface area contributed by atoms with E-state index in [1.165, 1.54) is 25.9 Å². The zero-order valence-corrected chi connectivity index (χ0v) is 20.2. The molecule has 0 saturated heterocycles. The fraction of sp³-hybridized carbons (Fsp3) is 0.250. The number of hydrogen-bond acceptors (Lipinski definition) is 8. The molecule has 3 rings (SSSR count). The molecule has 0 spiro atoms. The van der Waals surface area contributed by atoms with Gasteiger partial charge < -0.3 is 4.57 Å². The molecule has 0 bridgehead atoms. The van der Waals surface area contributed by atoms with Gasteiger partial charge in [-0.05, 0) is 58.0 Å². The quantitative estimate of drug-likeness (QED) is 0.264. The minimum absolute atomic E-state index is 0.220. The highest BCUT2D eigenvalue weighted by Gasteiger charge is 2.22. The van der Waals surface area contributed by atoms with Gasteiger partial charge in [0, 0.05) is 36.2 Å². The molecule has 0 saturated carbocycles. The van der Waals surface area contributed by atoms with Gasteiger partial charge in [-0.1, -0.05) is 26.0 Å². The number of amides is 1. The van der Waals surface area contributed by atoms with E-state index in [0.29, 0.717) is 35.2 Å². The highest BCUT2D eigenvalue weighted by atomic mass is 33.1. The summed E-state index contributed by atoms with van der Waals surface area (Å²) in [6.45, 7) is 4.42. The van der Waals surface area contributed by atoms with Crippen LogP contribution in [0.25, 0.3) is 11.4 Å². The fourth-order valence-electron chi connectivity index (χ4n) is 2.96. The number of hydrogen-bond donors (Lipinski definition) is 2. The van der Waals surface area contributed by atoms with E-state index in [1.807, 2.05) is 20.9 Å². The van der Waals surface area contributed by atoms with Gasteiger partial charge in [-0.2, -0.15) is 4.31 Å². The summed E-state index contributed by atoms with van der Waals surface area (Å²) in [6.07, 6.45) is 0. The fourth-order valence-corrected chi connectivity index (χ4v) is 6.43. The highest BCUT2D eigenvalue weighted by Crippen LogP contribution is 2.37. The van der Waals surface area contributed by atoms with Crippen LogP contribution in [0.5, 0.6) is 0 Å². The van der Waals surface area contributed by atoms with Crippen LogP contribution in [-0.2, 0) is 17.1 Å². The van der Waals surface area contributed by atoms with Gasteiger partial charge in [-0.25, -0.2) is 13.9 Å². The molecule has 0 aliphatic carbocycles. The Hall–Kier alpha value is -2.38. The Morgan fingerprint density at radius 1 is 1.09 bits per heavy atom. The van der Waals surface area contributed by atoms with Gasteiger partial charge in [0.2, 0.25) is 15.2 Å². The van der Waals surface area contributed by atoms with Crippen LogP contribution in [-0.4, -0.2) is 51.7 Å². The molecule has 0 fully saturated rings. The Morgan fingerprint density at radius 2 is 1.78 bits per heavy atom. The van der Waals surface area contributed by atoms with Crippen molar-refractivity contribution in [3.8, 4) is 11.4 Å². The van der Waals surface area contributed by atoms with Gasteiger partial charge in [0.05, 0.1) is 4.90 Å². The normalized spacial score (nSPS) is 11.7. The summed E-state index contributed by atoms with van der Waals surface area (Å²) in [5, 5.41) is 17.8. The lowest BCUT2D eigenvalue weighted by Crippen LogP contribution is -2.30. The van der Waals surface area contributed by atoms with Crippen molar-refractivity contribution in [3.63, 3.8) is 0 Å². The lowest BCUT2D eigenvalue weighted by atomic mass is 10.2. The van der Waals surface area contributed by atoms with Crippen LogP contribution in [0.4, 0.5) is 0 Å². The van der Waals surface area contributed by atoms with Crippen molar-refractivity contribution in [1.29, 1.82) is 0 Å². The van der Waals surface area contributed by atoms with Crippen molar-refractivity contribution in [2.24, 2.45) is 7.05 Å². The van der Waals surface area contributed by atoms with Gasteiger partial charge in [0.1, 0.15) is 0 Å². The van der Waals surface area contributed by atoms with Crippen LogP contribution >= 0.6 is 21.6 Å². The van der Waals surface area contributed by atoms with Gasteiger partial charge in [0.25, 0.3) is 5.91 Å². The molecule has 0 radical (unpaired) electrons. The second kappa shape index (κ2) is 10.5. The average molecular weight is 494 g/mol. The Bertz CT molecular complexity index is 1190. The Kier molecular flexibility index (Phi) is 7.96. The number of rotatable bonds is 9. The van der Waals surface area contributed by atoms with E-state index in [0.717, 1.165) is 4.90 Å². The second-order valence-corrected chi connectivity index (χ2v) is 10.7.